The van der Waals surface area contributed by atoms with Gasteiger partial charge in [-0.1, -0.05) is 49.6 Å². The van der Waals surface area contributed by atoms with Crippen LogP contribution in [0.5, 0.6) is 0 Å². The summed E-state index contributed by atoms with van der Waals surface area (Å²) in [6.45, 7) is 1.49. The van der Waals surface area contributed by atoms with E-state index in [2.05, 4.69) is 24.3 Å². The van der Waals surface area contributed by atoms with Crippen LogP contribution in [0, 0.1) is 0 Å². The molecule has 1 fully saturated rings. The smallest absolute Gasteiger partial charge is 0.0717 e. The largest absolute Gasteiger partial charge is 0.375 e. The zero-order valence-electron chi connectivity index (χ0n) is 9.69. The summed E-state index contributed by atoms with van der Waals surface area (Å²) >= 11 is 4.77. The Morgan fingerprint density at radius 2 is 1.75 bits per heavy atom. The van der Waals surface area contributed by atoms with Crippen molar-refractivity contribution in [1.29, 1.82) is 0 Å². The first-order chi connectivity index (χ1) is 7.79. The van der Waals surface area contributed by atoms with Crippen LogP contribution in [0.15, 0.2) is 30.3 Å². The molecule has 1 aromatic carbocycles. The molecule has 0 saturated heterocycles. The van der Waals surface area contributed by atoms with Gasteiger partial charge in [-0.05, 0) is 18.4 Å². The van der Waals surface area contributed by atoms with Crippen LogP contribution in [-0.2, 0) is 11.3 Å². The van der Waals surface area contributed by atoms with E-state index in [0.29, 0.717) is 6.61 Å². The first-order valence-electron chi connectivity index (χ1n) is 6.13. The molecular formula is C14H20OS. The van der Waals surface area contributed by atoms with Gasteiger partial charge in [-0.2, -0.15) is 12.6 Å². The molecule has 1 aromatic rings. The maximum atomic E-state index is 5.79. The highest BCUT2D eigenvalue weighted by atomic mass is 32.1. The maximum absolute atomic E-state index is 5.79. The second-order valence-corrected chi connectivity index (χ2v) is 5.71. The number of hydrogen-bond acceptors (Lipinski definition) is 2. The first-order valence-corrected chi connectivity index (χ1v) is 6.57. The van der Waals surface area contributed by atoms with E-state index in [1.807, 2.05) is 6.07 Å². The highest BCUT2D eigenvalue weighted by Gasteiger charge is 2.27. The molecule has 0 bridgehead atoms. The Morgan fingerprint density at radius 1 is 1.06 bits per heavy atom. The third kappa shape index (κ3) is 3.53. The van der Waals surface area contributed by atoms with E-state index in [0.717, 1.165) is 6.61 Å². The Morgan fingerprint density at radius 3 is 2.44 bits per heavy atom. The van der Waals surface area contributed by atoms with Crippen LogP contribution in [0.2, 0.25) is 0 Å². The van der Waals surface area contributed by atoms with Crippen molar-refractivity contribution in [2.75, 3.05) is 6.61 Å². The Bertz CT molecular complexity index is 304. The molecule has 1 aliphatic carbocycles. The molecule has 1 aliphatic rings. The van der Waals surface area contributed by atoms with Crippen LogP contribution in [0.4, 0.5) is 0 Å². The second-order valence-electron chi connectivity index (χ2n) is 4.76. The lowest BCUT2D eigenvalue weighted by molar-refractivity contribution is 0.0879. The molecule has 0 amide bonds. The number of ether oxygens (including phenoxy) is 1. The molecule has 0 spiro atoms. The van der Waals surface area contributed by atoms with Gasteiger partial charge in [0.15, 0.2) is 0 Å². The Hall–Kier alpha value is -0.470. The van der Waals surface area contributed by atoms with Crippen LogP contribution in [0.3, 0.4) is 0 Å². The molecule has 16 heavy (non-hydrogen) atoms. The van der Waals surface area contributed by atoms with Gasteiger partial charge >= 0.3 is 0 Å². The summed E-state index contributed by atoms with van der Waals surface area (Å²) < 4.78 is 5.92. The summed E-state index contributed by atoms with van der Waals surface area (Å²) in [5.74, 6) is 0. The van der Waals surface area contributed by atoms with Gasteiger partial charge in [-0.25, -0.2) is 0 Å². The van der Waals surface area contributed by atoms with Crippen molar-refractivity contribution in [3.8, 4) is 0 Å². The van der Waals surface area contributed by atoms with Gasteiger partial charge in [0.25, 0.3) is 0 Å². The second kappa shape index (κ2) is 5.74. The van der Waals surface area contributed by atoms with E-state index in [-0.39, 0.29) is 4.75 Å². The van der Waals surface area contributed by atoms with Crippen LogP contribution < -0.4 is 0 Å². The molecule has 0 aromatic heterocycles. The molecule has 0 aliphatic heterocycles. The van der Waals surface area contributed by atoms with Crippen molar-refractivity contribution in [2.45, 2.75) is 43.5 Å². The third-order valence-electron chi connectivity index (χ3n) is 3.27. The topological polar surface area (TPSA) is 9.23 Å². The fraction of sp³-hybridized carbons (Fsp3) is 0.571. The molecule has 88 valence electrons. The molecule has 0 atom stereocenters. The summed E-state index contributed by atoms with van der Waals surface area (Å²) in [5.41, 5.74) is 1.25. The fourth-order valence-electron chi connectivity index (χ4n) is 2.29. The van der Waals surface area contributed by atoms with Gasteiger partial charge < -0.3 is 4.74 Å². The summed E-state index contributed by atoms with van der Waals surface area (Å²) in [5, 5.41) is 0. The van der Waals surface area contributed by atoms with Crippen molar-refractivity contribution in [3.05, 3.63) is 35.9 Å². The molecule has 0 unspecified atom stereocenters. The Balaban J connectivity index is 1.75. The van der Waals surface area contributed by atoms with Crippen molar-refractivity contribution in [3.63, 3.8) is 0 Å². The normalized spacial score (nSPS) is 19.6. The Labute approximate surface area is 104 Å². The lowest BCUT2D eigenvalue weighted by Gasteiger charge is -2.32. The van der Waals surface area contributed by atoms with Crippen LogP contribution in [0.1, 0.15) is 37.7 Å². The summed E-state index contributed by atoms with van der Waals surface area (Å²) in [4.78, 5) is 0. The van der Waals surface area contributed by atoms with Crippen LogP contribution in [-0.4, -0.2) is 11.4 Å². The van der Waals surface area contributed by atoms with Gasteiger partial charge in [0, 0.05) is 4.75 Å². The van der Waals surface area contributed by atoms with Crippen molar-refractivity contribution in [2.24, 2.45) is 0 Å². The number of benzene rings is 1. The zero-order chi connectivity index (χ0) is 11.3. The molecule has 1 nitrogen and oxygen atoms in total. The zero-order valence-corrected chi connectivity index (χ0v) is 10.6. The molecule has 1 saturated carbocycles. The Kier molecular flexibility index (Phi) is 4.30. The van der Waals surface area contributed by atoms with Crippen molar-refractivity contribution >= 4 is 12.6 Å². The minimum absolute atomic E-state index is 0.132. The summed E-state index contributed by atoms with van der Waals surface area (Å²) in [6.07, 6.45) is 6.37. The minimum Gasteiger partial charge on any atom is -0.375 e. The lowest BCUT2D eigenvalue weighted by atomic mass is 9.89. The van der Waals surface area contributed by atoms with Gasteiger partial charge in [-0.15, -0.1) is 0 Å². The van der Waals surface area contributed by atoms with E-state index in [9.17, 15) is 0 Å². The standard InChI is InChI=1S/C14H20OS/c16-14(9-5-2-6-10-14)12-15-11-13-7-3-1-4-8-13/h1,3-4,7-8,16H,2,5-6,9-12H2. The molecule has 0 radical (unpaired) electrons. The predicted octanol–water partition coefficient (Wildman–Crippen LogP) is 3.84. The number of rotatable bonds is 4. The van der Waals surface area contributed by atoms with E-state index in [1.165, 1.54) is 37.7 Å². The van der Waals surface area contributed by atoms with Crippen molar-refractivity contribution in [1.82, 2.24) is 0 Å². The van der Waals surface area contributed by atoms with Crippen LogP contribution >= 0.6 is 12.6 Å². The predicted molar refractivity (Wildman–Crippen MR) is 70.9 cm³/mol. The average Bonchev–Trinajstić information content (AvgIpc) is 2.31. The fourth-order valence-corrected chi connectivity index (χ4v) is 2.69. The van der Waals surface area contributed by atoms with Gasteiger partial charge in [0.05, 0.1) is 13.2 Å². The average molecular weight is 236 g/mol. The van der Waals surface area contributed by atoms with E-state index in [1.54, 1.807) is 0 Å². The first kappa shape index (κ1) is 12.0. The summed E-state index contributed by atoms with van der Waals surface area (Å²) in [7, 11) is 0. The van der Waals surface area contributed by atoms with Gasteiger partial charge in [0.2, 0.25) is 0 Å². The number of thiol groups is 1. The van der Waals surface area contributed by atoms with E-state index < -0.39 is 0 Å². The quantitative estimate of drug-likeness (QED) is 0.782. The van der Waals surface area contributed by atoms with Crippen molar-refractivity contribution < 1.29 is 4.74 Å². The molecule has 0 N–H and O–H groups in total. The molecule has 2 heteroatoms. The van der Waals surface area contributed by atoms with E-state index >= 15 is 0 Å². The highest BCUT2D eigenvalue weighted by Crippen LogP contribution is 2.33. The molecule has 0 heterocycles. The summed E-state index contributed by atoms with van der Waals surface area (Å²) in [6, 6.07) is 10.3. The minimum atomic E-state index is 0.132. The highest BCUT2D eigenvalue weighted by molar-refractivity contribution is 7.81. The van der Waals surface area contributed by atoms with Crippen LogP contribution in [0.25, 0.3) is 0 Å². The lowest BCUT2D eigenvalue weighted by Crippen LogP contribution is -2.30. The number of hydrogen-bond donors (Lipinski definition) is 1. The van der Waals surface area contributed by atoms with Gasteiger partial charge in [-0.3, -0.25) is 0 Å². The third-order valence-corrected chi connectivity index (χ3v) is 3.84. The monoisotopic (exact) mass is 236 g/mol. The molecule has 2 rings (SSSR count). The SMILES string of the molecule is SC1(COCc2ccccc2)CCCCC1. The van der Waals surface area contributed by atoms with E-state index in [4.69, 9.17) is 17.4 Å². The van der Waals surface area contributed by atoms with Gasteiger partial charge in [0.1, 0.15) is 0 Å². The maximum Gasteiger partial charge on any atom is 0.0717 e. The molecular weight excluding hydrogens is 216 g/mol.